The number of hydrogen-bond acceptors (Lipinski definition) is 5. The van der Waals surface area contributed by atoms with E-state index in [-0.39, 0.29) is 0 Å². The van der Waals surface area contributed by atoms with Gasteiger partial charge in [0.15, 0.2) is 0 Å². The molecule has 0 fully saturated rings. The van der Waals surface area contributed by atoms with Gasteiger partial charge in [-0.3, -0.25) is 4.79 Å². The molecule has 1 amide bonds. The molecule has 5 N–H and O–H groups in total. The second-order valence-electron chi connectivity index (χ2n) is 19.6. The number of nitrogens with one attached hydrogen (secondary N) is 1. The van der Waals surface area contributed by atoms with E-state index in [1.54, 1.807) is 0 Å². The maximum absolute atomic E-state index is 12.6. The molecule has 0 bridgehead atoms. The van der Waals surface area contributed by atoms with Crippen LogP contribution in [0.1, 0.15) is 284 Å². The smallest absolute Gasteiger partial charge is 0.249 e. The lowest BCUT2D eigenvalue weighted by molar-refractivity contribution is -0.132. The molecule has 0 aliphatic rings. The molecule has 0 heterocycles. The fraction of sp³-hybridized carbons (Fsp3) is 0.817. The molecular weight excluding hydrogens is 815 g/mol. The number of carbonyl (C=O) groups excluding carboxylic acids is 1. The topological polar surface area (TPSA) is 110 Å². The minimum atomic E-state index is -1.30. The van der Waals surface area contributed by atoms with Crippen LogP contribution in [0.4, 0.5) is 0 Å². The van der Waals surface area contributed by atoms with Crippen LogP contribution in [0.15, 0.2) is 60.8 Å². The summed E-state index contributed by atoms with van der Waals surface area (Å²) >= 11 is 0. The van der Waals surface area contributed by atoms with E-state index in [1.807, 2.05) is 0 Å². The van der Waals surface area contributed by atoms with Crippen molar-refractivity contribution in [3.63, 3.8) is 0 Å². The van der Waals surface area contributed by atoms with Crippen LogP contribution >= 0.6 is 0 Å². The number of aliphatic hydroxyl groups excluding tert-OH is 4. The van der Waals surface area contributed by atoms with Gasteiger partial charge in [0.1, 0.15) is 12.2 Å². The quantitative estimate of drug-likeness (QED) is 0.0308. The number of amides is 1. The van der Waals surface area contributed by atoms with Crippen LogP contribution in [0.3, 0.4) is 0 Å². The van der Waals surface area contributed by atoms with E-state index in [1.165, 1.54) is 193 Å². The fourth-order valence-corrected chi connectivity index (χ4v) is 8.64. The van der Waals surface area contributed by atoms with Crippen molar-refractivity contribution < 1.29 is 25.2 Å². The minimum Gasteiger partial charge on any atom is -0.394 e. The summed E-state index contributed by atoms with van der Waals surface area (Å²) in [6.45, 7) is 4.05. The predicted molar refractivity (Wildman–Crippen MR) is 288 cm³/mol. The summed E-state index contributed by atoms with van der Waals surface area (Å²) in [7, 11) is 0. The van der Waals surface area contributed by atoms with Crippen LogP contribution in [0.5, 0.6) is 0 Å². The van der Waals surface area contributed by atoms with Gasteiger partial charge in [0.05, 0.1) is 18.8 Å². The van der Waals surface area contributed by atoms with Crippen molar-refractivity contribution >= 4 is 5.91 Å². The van der Waals surface area contributed by atoms with Gasteiger partial charge in [-0.2, -0.15) is 0 Å². The summed E-state index contributed by atoms with van der Waals surface area (Å²) in [5, 5.41) is 43.9. The van der Waals surface area contributed by atoms with Crippen molar-refractivity contribution in [1.29, 1.82) is 0 Å². The Balaban J connectivity index is 3.68. The molecule has 4 atom stereocenters. The van der Waals surface area contributed by atoms with Gasteiger partial charge in [0, 0.05) is 0 Å². The number of rotatable bonds is 52. The van der Waals surface area contributed by atoms with Gasteiger partial charge >= 0.3 is 0 Å². The lowest BCUT2D eigenvalue weighted by atomic mass is 10.00. The third-order valence-electron chi connectivity index (χ3n) is 13.2. The van der Waals surface area contributed by atoms with E-state index in [0.29, 0.717) is 19.3 Å². The zero-order valence-electron chi connectivity index (χ0n) is 43.7. The first kappa shape index (κ1) is 64.0. The summed E-state index contributed by atoms with van der Waals surface area (Å²) in [6.07, 6.45) is 70.0. The van der Waals surface area contributed by atoms with Gasteiger partial charge in [-0.1, -0.05) is 248 Å². The van der Waals surface area contributed by atoms with Crippen LogP contribution in [-0.2, 0) is 4.79 Å². The Hall–Kier alpha value is -1.99. The molecule has 6 heteroatoms. The lowest BCUT2D eigenvalue weighted by Crippen LogP contribution is -2.53. The molecule has 0 aliphatic carbocycles. The number of carbonyl (C=O) groups is 1. The number of aliphatic hydroxyl groups is 4. The van der Waals surface area contributed by atoms with E-state index < -0.39 is 36.9 Å². The van der Waals surface area contributed by atoms with Gasteiger partial charge in [0.2, 0.25) is 5.91 Å². The molecule has 0 saturated carbocycles. The lowest BCUT2D eigenvalue weighted by Gasteiger charge is -2.27. The molecule has 0 aromatic rings. The van der Waals surface area contributed by atoms with Gasteiger partial charge in [-0.25, -0.2) is 0 Å². The summed E-state index contributed by atoms with van der Waals surface area (Å²) in [6, 6.07) is -1.01. The summed E-state index contributed by atoms with van der Waals surface area (Å²) < 4.78 is 0. The van der Waals surface area contributed by atoms with Crippen molar-refractivity contribution in [2.45, 2.75) is 308 Å². The largest absolute Gasteiger partial charge is 0.394 e. The van der Waals surface area contributed by atoms with Crippen LogP contribution in [0.2, 0.25) is 0 Å². The Kier molecular flexibility index (Phi) is 52.3. The van der Waals surface area contributed by atoms with Crippen molar-refractivity contribution in [3.05, 3.63) is 60.8 Å². The Labute approximate surface area is 410 Å². The Morgan fingerprint density at radius 1 is 0.379 bits per heavy atom. The van der Waals surface area contributed by atoms with Crippen molar-refractivity contribution in [3.8, 4) is 0 Å². The fourth-order valence-electron chi connectivity index (χ4n) is 8.64. The summed E-state index contributed by atoms with van der Waals surface area (Å²) in [5.74, 6) is -0.599. The molecule has 4 unspecified atom stereocenters. The van der Waals surface area contributed by atoms with Crippen LogP contribution in [-0.4, -0.2) is 57.3 Å². The van der Waals surface area contributed by atoms with Crippen molar-refractivity contribution in [2.75, 3.05) is 6.61 Å². The molecule has 0 saturated heterocycles. The first-order valence-electron chi connectivity index (χ1n) is 28.7. The highest BCUT2D eigenvalue weighted by atomic mass is 16.3. The Morgan fingerprint density at radius 3 is 1.05 bits per heavy atom. The average molecular weight is 927 g/mol. The van der Waals surface area contributed by atoms with Crippen molar-refractivity contribution in [2.24, 2.45) is 0 Å². The molecule has 66 heavy (non-hydrogen) atoms. The molecule has 0 aliphatic heterocycles. The highest BCUT2D eigenvalue weighted by molar-refractivity contribution is 5.80. The summed E-state index contributed by atoms with van der Waals surface area (Å²) in [5.41, 5.74) is 0. The van der Waals surface area contributed by atoms with E-state index in [2.05, 4.69) is 79.9 Å². The molecule has 0 rings (SSSR count). The summed E-state index contributed by atoms with van der Waals surface area (Å²) in [4.78, 5) is 12.6. The average Bonchev–Trinajstić information content (AvgIpc) is 3.32. The number of hydrogen-bond donors (Lipinski definition) is 5. The van der Waals surface area contributed by atoms with E-state index in [4.69, 9.17) is 0 Å². The second kappa shape index (κ2) is 54.0. The zero-order valence-corrected chi connectivity index (χ0v) is 43.7. The van der Waals surface area contributed by atoms with E-state index in [0.717, 1.165) is 57.8 Å². The highest BCUT2D eigenvalue weighted by Crippen LogP contribution is 2.16. The first-order valence-corrected chi connectivity index (χ1v) is 28.7. The standard InChI is InChI=1S/C60H111NO5/c1-3-5-7-9-11-13-15-17-19-21-23-25-26-27-28-29-30-31-32-33-34-36-38-40-42-44-46-48-50-52-54-58(64)60(66)61-56(55-62)59(65)57(63)53-51-49-47-45-43-41-39-37-35-24-22-20-18-16-14-12-10-8-6-4-2/h20,22-23,25,27-28,37,39,45,47,56-59,62-65H,3-19,21,24,26,29-36,38,40-44,46,48-55H2,1-2H3,(H,61,66)/b22-20+,25-23-,28-27-,39-37+,47-45+. The Morgan fingerprint density at radius 2 is 0.682 bits per heavy atom. The van der Waals surface area contributed by atoms with Crippen LogP contribution in [0.25, 0.3) is 0 Å². The van der Waals surface area contributed by atoms with E-state index >= 15 is 0 Å². The molecule has 0 aromatic heterocycles. The molecule has 6 nitrogen and oxygen atoms in total. The molecule has 386 valence electrons. The monoisotopic (exact) mass is 926 g/mol. The number of unbranched alkanes of at least 4 members (excludes halogenated alkanes) is 33. The van der Waals surface area contributed by atoms with Crippen molar-refractivity contribution in [1.82, 2.24) is 5.32 Å². The SMILES string of the molecule is CCCCCCCCC/C=C/CC/C=C/CC/C=C/CCCC(O)C(O)C(CO)NC(=O)C(O)CCCCCCCCCCCCCCCC/C=C\C/C=C\CCCCCCCCCCC. The second-order valence-corrected chi connectivity index (χ2v) is 19.6. The zero-order chi connectivity index (χ0) is 48.1. The molecule has 0 spiro atoms. The normalized spacial score (nSPS) is 14.2. The minimum absolute atomic E-state index is 0.356. The third kappa shape index (κ3) is 47.1. The van der Waals surface area contributed by atoms with Crippen LogP contribution < -0.4 is 5.32 Å². The first-order chi connectivity index (χ1) is 32.5. The Bertz CT molecular complexity index is 1130. The van der Waals surface area contributed by atoms with Crippen LogP contribution in [0, 0.1) is 0 Å². The van der Waals surface area contributed by atoms with Gasteiger partial charge in [0.25, 0.3) is 0 Å². The maximum Gasteiger partial charge on any atom is 0.249 e. The van der Waals surface area contributed by atoms with Gasteiger partial charge < -0.3 is 25.7 Å². The van der Waals surface area contributed by atoms with Gasteiger partial charge in [-0.15, -0.1) is 0 Å². The van der Waals surface area contributed by atoms with Gasteiger partial charge in [-0.05, 0) is 96.3 Å². The molecule has 0 aromatic carbocycles. The molecular formula is C60H111NO5. The number of allylic oxidation sites excluding steroid dienone is 10. The third-order valence-corrected chi connectivity index (χ3v) is 13.2. The van der Waals surface area contributed by atoms with E-state index in [9.17, 15) is 25.2 Å². The molecule has 0 radical (unpaired) electrons. The maximum atomic E-state index is 12.6. The predicted octanol–water partition coefficient (Wildman–Crippen LogP) is 16.8. The highest BCUT2D eigenvalue weighted by Gasteiger charge is 2.28.